The predicted octanol–water partition coefficient (Wildman–Crippen LogP) is 1.64. The van der Waals surface area contributed by atoms with Crippen LogP contribution in [0.15, 0.2) is 30.3 Å². The first-order valence-electron chi connectivity index (χ1n) is 8.49. The minimum atomic E-state index is -0.387. The number of amides is 2. The van der Waals surface area contributed by atoms with Gasteiger partial charge in [0.15, 0.2) is 0 Å². The predicted molar refractivity (Wildman–Crippen MR) is 90.2 cm³/mol. The van der Waals surface area contributed by atoms with Crippen molar-refractivity contribution in [1.29, 1.82) is 0 Å². The lowest BCUT2D eigenvalue weighted by Crippen LogP contribution is -2.57. The summed E-state index contributed by atoms with van der Waals surface area (Å²) in [5, 5.41) is 3.21. The molecule has 0 aromatic heterocycles. The maximum atomic E-state index is 12.6. The lowest BCUT2D eigenvalue weighted by atomic mass is 9.85. The third-order valence-electron chi connectivity index (χ3n) is 4.98. The number of benzene rings is 1. The molecule has 1 N–H and O–H groups in total. The molecule has 1 atom stereocenters. The smallest absolute Gasteiger partial charge is 0.240 e. The van der Waals surface area contributed by atoms with Crippen LogP contribution in [0.3, 0.4) is 0 Å². The first kappa shape index (κ1) is 16.0. The second-order valence-corrected chi connectivity index (χ2v) is 6.58. The Morgan fingerprint density at radius 1 is 1.30 bits per heavy atom. The molecule has 3 rings (SSSR count). The molecule has 0 bridgehead atoms. The van der Waals surface area contributed by atoms with Crippen LogP contribution in [0.2, 0.25) is 0 Å². The highest BCUT2D eigenvalue weighted by molar-refractivity contribution is 5.97. The van der Waals surface area contributed by atoms with Gasteiger partial charge in [-0.05, 0) is 30.9 Å². The van der Waals surface area contributed by atoms with Crippen LogP contribution in [0.1, 0.15) is 25.7 Å². The molecule has 1 aliphatic carbocycles. The molecule has 1 aromatic rings. The zero-order valence-electron chi connectivity index (χ0n) is 13.7. The van der Waals surface area contributed by atoms with Gasteiger partial charge in [0.1, 0.15) is 0 Å². The molecule has 1 saturated heterocycles. The van der Waals surface area contributed by atoms with Crippen LogP contribution in [0.4, 0.5) is 5.69 Å². The average Bonchev–Trinajstić information content (AvgIpc) is 2.54. The summed E-state index contributed by atoms with van der Waals surface area (Å²) in [6.45, 7) is 2.39. The monoisotopic (exact) mass is 315 g/mol. The minimum Gasteiger partial charge on any atom is -0.340 e. The van der Waals surface area contributed by atoms with E-state index in [0.717, 1.165) is 25.3 Å². The fourth-order valence-corrected chi connectivity index (χ4v) is 3.23. The standard InChI is InChI=1S/C18H25N3O2/c1-20(15-8-3-2-4-9-15)17(22)12-16-18(23)21(11-10-19-16)13-14-6-5-7-14/h2-4,8-9,14,16,19H,5-7,10-13H2,1H3. The van der Waals surface area contributed by atoms with Gasteiger partial charge in [-0.25, -0.2) is 0 Å². The van der Waals surface area contributed by atoms with Crippen molar-refractivity contribution in [3.8, 4) is 0 Å². The quantitative estimate of drug-likeness (QED) is 0.899. The van der Waals surface area contributed by atoms with E-state index in [1.807, 2.05) is 35.2 Å². The number of carbonyl (C=O) groups excluding carboxylic acids is 2. The number of nitrogens with one attached hydrogen (secondary N) is 1. The Kier molecular flexibility index (Phi) is 4.96. The average molecular weight is 315 g/mol. The molecule has 2 fully saturated rings. The number of hydrogen-bond donors (Lipinski definition) is 1. The zero-order valence-corrected chi connectivity index (χ0v) is 13.7. The summed E-state index contributed by atoms with van der Waals surface area (Å²) in [4.78, 5) is 28.6. The van der Waals surface area contributed by atoms with Crippen LogP contribution in [-0.4, -0.2) is 49.4 Å². The van der Waals surface area contributed by atoms with Crippen molar-refractivity contribution >= 4 is 17.5 Å². The molecule has 1 unspecified atom stereocenters. The zero-order chi connectivity index (χ0) is 16.2. The van der Waals surface area contributed by atoms with Crippen LogP contribution in [0.5, 0.6) is 0 Å². The largest absolute Gasteiger partial charge is 0.340 e. The van der Waals surface area contributed by atoms with Gasteiger partial charge in [0, 0.05) is 32.4 Å². The highest BCUT2D eigenvalue weighted by atomic mass is 16.2. The third kappa shape index (κ3) is 3.72. The van der Waals surface area contributed by atoms with Crippen LogP contribution in [0, 0.1) is 5.92 Å². The Labute approximate surface area is 137 Å². The Hall–Kier alpha value is -1.88. The normalized spacial score (nSPS) is 21.9. The highest BCUT2D eigenvalue weighted by Gasteiger charge is 2.33. The molecule has 5 nitrogen and oxygen atoms in total. The topological polar surface area (TPSA) is 52.7 Å². The van der Waals surface area contributed by atoms with Crippen molar-refractivity contribution in [2.75, 3.05) is 31.6 Å². The molecule has 0 spiro atoms. The number of hydrogen-bond acceptors (Lipinski definition) is 3. The molecule has 5 heteroatoms. The van der Waals surface area contributed by atoms with Crippen molar-refractivity contribution in [1.82, 2.24) is 10.2 Å². The molecule has 1 aromatic carbocycles. The molecule has 2 amide bonds. The maximum Gasteiger partial charge on any atom is 0.240 e. The van der Waals surface area contributed by atoms with Gasteiger partial charge in [-0.15, -0.1) is 0 Å². The van der Waals surface area contributed by atoms with Gasteiger partial charge in [-0.2, -0.15) is 0 Å². The van der Waals surface area contributed by atoms with E-state index in [4.69, 9.17) is 0 Å². The summed E-state index contributed by atoms with van der Waals surface area (Å²) in [5.41, 5.74) is 0.854. The van der Waals surface area contributed by atoms with Gasteiger partial charge in [-0.3, -0.25) is 9.59 Å². The lowest BCUT2D eigenvalue weighted by molar-refractivity contribution is -0.138. The molecule has 1 heterocycles. The van der Waals surface area contributed by atoms with Gasteiger partial charge < -0.3 is 15.1 Å². The van der Waals surface area contributed by atoms with Gasteiger partial charge >= 0.3 is 0 Å². The van der Waals surface area contributed by atoms with Gasteiger partial charge in [0.05, 0.1) is 12.5 Å². The summed E-state index contributed by atoms with van der Waals surface area (Å²) < 4.78 is 0. The number of anilines is 1. The van der Waals surface area contributed by atoms with E-state index in [1.54, 1.807) is 11.9 Å². The molecule has 0 radical (unpaired) electrons. The Bertz CT molecular complexity index is 557. The summed E-state index contributed by atoms with van der Waals surface area (Å²) in [7, 11) is 1.76. The summed E-state index contributed by atoms with van der Waals surface area (Å²) >= 11 is 0. The number of nitrogens with zero attached hydrogens (tertiary/aromatic N) is 2. The minimum absolute atomic E-state index is 0.0347. The molecular formula is C18H25N3O2. The van der Waals surface area contributed by atoms with E-state index in [9.17, 15) is 9.59 Å². The van der Waals surface area contributed by atoms with Crippen LogP contribution in [-0.2, 0) is 9.59 Å². The summed E-state index contributed by atoms with van der Waals surface area (Å²) in [5.74, 6) is 0.714. The van der Waals surface area contributed by atoms with E-state index in [2.05, 4.69) is 5.32 Å². The number of piperazine rings is 1. The van der Waals surface area contributed by atoms with E-state index < -0.39 is 0 Å². The second kappa shape index (κ2) is 7.13. The molecule has 23 heavy (non-hydrogen) atoms. The van der Waals surface area contributed by atoms with E-state index in [1.165, 1.54) is 19.3 Å². The van der Waals surface area contributed by atoms with E-state index >= 15 is 0 Å². The maximum absolute atomic E-state index is 12.6. The Morgan fingerprint density at radius 3 is 2.70 bits per heavy atom. The lowest BCUT2D eigenvalue weighted by Gasteiger charge is -2.38. The fourth-order valence-electron chi connectivity index (χ4n) is 3.23. The Morgan fingerprint density at radius 2 is 2.04 bits per heavy atom. The number of para-hydroxylation sites is 1. The van der Waals surface area contributed by atoms with E-state index in [0.29, 0.717) is 5.92 Å². The summed E-state index contributed by atoms with van der Waals surface area (Å²) in [6, 6.07) is 9.15. The van der Waals surface area contributed by atoms with Gasteiger partial charge in [0.2, 0.25) is 11.8 Å². The van der Waals surface area contributed by atoms with Crippen molar-refractivity contribution < 1.29 is 9.59 Å². The Balaban J connectivity index is 1.57. The van der Waals surface area contributed by atoms with E-state index in [-0.39, 0.29) is 24.3 Å². The fraction of sp³-hybridized carbons (Fsp3) is 0.556. The first-order chi connectivity index (χ1) is 11.1. The molecule has 1 saturated carbocycles. The van der Waals surface area contributed by atoms with Crippen molar-refractivity contribution in [2.24, 2.45) is 5.92 Å². The molecule has 2 aliphatic rings. The second-order valence-electron chi connectivity index (χ2n) is 6.58. The highest BCUT2D eigenvalue weighted by Crippen LogP contribution is 2.27. The third-order valence-corrected chi connectivity index (χ3v) is 4.98. The van der Waals surface area contributed by atoms with Gasteiger partial charge in [0.25, 0.3) is 0 Å². The number of rotatable bonds is 5. The molecular weight excluding hydrogens is 290 g/mol. The van der Waals surface area contributed by atoms with Crippen molar-refractivity contribution in [2.45, 2.75) is 31.7 Å². The number of carbonyl (C=O) groups is 2. The van der Waals surface area contributed by atoms with Gasteiger partial charge in [-0.1, -0.05) is 24.6 Å². The first-order valence-corrected chi connectivity index (χ1v) is 8.49. The SMILES string of the molecule is CN(C(=O)CC1NCCN(CC2CCC2)C1=O)c1ccccc1. The van der Waals surface area contributed by atoms with Crippen molar-refractivity contribution in [3.63, 3.8) is 0 Å². The summed E-state index contributed by atoms with van der Waals surface area (Å²) in [6.07, 6.45) is 3.97. The van der Waals surface area contributed by atoms with Crippen LogP contribution in [0.25, 0.3) is 0 Å². The molecule has 124 valence electrons. The van der Waals surface area contributed by atoms with Crippen LogP contribution < -0.4 is 10.2 Å². The van der Waals surface area contributed by atoms with Crippen molar-refractivity contribution in [3.05, 3.63) is 30.3 Å². The molecule has 1 aliphatic heterocycles. The van der Waals surface area contributed by atoms with Crippen LogP contribution >= 0.6 is 0 Å².